The minimum atomic E-state index is -0.154. The molecule has 10 aromatic rings. The Bertz CT molecular complexity index is 3050. The molecule has 0 radical (unpaired) electrons. The van der Waals surface area contributed by atoms with Crippen molar-refractivity contribution in [3.8, 4) is 22.3 Å². The Morgan fingerprint density at radius 3 is 1.96 bits per heavy atom. The van der Waals surface area contributed by atoms with Gasteiger partial charge in [0.1, 0.15) is 22.3 Å². The van der Waals surface area contributed by atoms with Gasteiger partial charge < -0.3 is 13.7 Å². The molecule has 3 heteroatoms. The highest BCUT2D eigenvalue weighted by Gasteiger charge is 2.36. The predicted octanol–water partition coefficient (Wildman–Crippen LogP) is 14.1. The van der Waals surface area contributed by atoms with Crippen molar-refractivity contribution in [1.82, 2.24) is 0 Å². The molecular weight excluding hydrogens is 635 g/mol. The summed E-state index contributed by atoms with van der Waals surface area (Å²) >= 11 is 0. The molecule has 246 valence electrons. The van der Waals surface area contributed by atoms with E-state index < -0.39 is 0 Å². The fourth-order valence-electron chi connectivity index (χ4n) is 8.66. The summed E-state index contributed by atoms with van der Waals surface area (Å²) in [5.74, 6) is 0. The van der Waals surface area contributed by atoms with E-state index in [1.54, 1.807) is 0 Å². The third-order valence-electron chi connectivity index (χ3n) is 11.2. The largest absolute Gasteiger partial charge is 0.456 e. The second-order valence-electron chi connectivity index (χ2n) is 14.5. The zero-order valence-corrected chi connectivity index (χ0v) is 28.9. The summed E-state index contributed by atoms with van der Waals surface area (Å²) in [7, 11) is 0. The monoisotopic (exact) mass is 667 g/mol. The van der Waals surface area contributed by atoms with Crippen LogP contribution in [-0.4, -0.2) is 0 Å². The van der Waals surface area contributed by atoms with Gasteiger partial charge >= 0.3 is 0 Å². The zero-order valence-electron chi connectivity index (χ0n) is 28.9. The van der Waals surface area contributed by atoms with Crippen LogP contribution in [0.1, 0.15) is 25.0 Å². The maximum Gasteiger partial charge on any atom is 0.138 e. The minimum absolute atomic E-state index is 0.154. The van der Waals surface area contributed by atoms with Crippen LogP contribution in [0.15, 0.2) is 173 Å². The summed E-state index contributed by atoms with van der Waals surface area (Å²) in [5.41, 5.74) is 14.0. The zero-order chi connectivity index (χ0) is 34.6. The Morgan fingerprint density at radius 1 is 0.423 bits per heavy atom. The number of rotatable bonds is 4. The number of benzene rings is 8. The molecule has 0 N–H and O–H groups in total. The van der Waals surface area contributed by atoms with E-state index in [9.17, 15) is 0 Å². The van der Waals surface area contributed by atoms with Gasteiger partial charge in [-0.25, -0.2) is 0 Å². The highest BCUT2D eigenvalue weighted by molar-refractivity contribution is 6.18. The average molecular weight is 668 g/mol. The lowest BCUT2D eigenvalue weighted by molar-refractivity contribution is 0.660. The van der Waals surface area contributed by atoms with Crippen molar-refractivity contribution >= 4 is 71.7 Å². The molecule has 0 aliphatic heterocycles. The highest BCUT2D eigenvalue weighted by Crippen LogP contribution is 2.52. The molecule has 1 aliphatic rings. The third kappa shape index (κ3) is 4.20. The van der Waals surface area contributed by atoms with Crippen LogP contribution in [0.5, 0.6) is 0 Å². The molecule has 8 aromatic carbocycles. The van der Waals surface area contributed by atoms with Crippen molar-refractivity contribution in [3.63, 3.8) is 0 Å². The highest BCUT2D eigenvalue weighted by atomic mass is 16.3. The average Bonchev–Trinajstić information content (AvgIpc) is 3.81. The van der Waals surface area contributed by atoms with Crippen molar-refractivity contribution in [3.05, 3.63) is 175 Å². The van der Waals surface area contributed by atoms with Crippen LogP contribution >= 0.6 is 0 Å². The molecule has 0 fully saturated rings. The van der Waals surface area contributed by atoms with Gasteiger partial charge in [0.15, 0.2) is 0 Å². The van der Waals surface area contributed by atoms with Gasteiger partial charge in [-0.3, -0.25) is 0 Å². The van der Waals surface area contributed by atoms with Gasteiger partial charge in [0.2, 0.25) is 0 Å². The summed E-state index contributed by atoms with van der Waals surface area (Å²) in [6.07, 6.45) is 0. The second kappa shape index (κ2) is 10.7. The number of nitrogens with zero attached hydrogens (tertiary/aromatic N) is 1. The Morgan fingerprint density at radius 2 is 1.08 bits per heavy atom. The predicted molar refractivity (Wildman–Crippen MR) is 216 cm³/mol. The van der Waals surface area contributed by atoms with E-state index in [2.05, 4.69) is 170 Å². The number of fused-ring (bicyclic) bond motifs is 10. The number of hydrogen-bond acceptors (Lipinski definition) is 3. The first-order valence-corrected chi connectivity index (χ1v) is 17.9. The van der Waals surface area contributed by atoms with E-state index in [1.165, 1.54) is 27.6 Å². The molecule has 52 heavy (non-hydrogen) atoms. The van der Waals surface area contributed by atoms with Crippen molar-refractivity contribution in [2.75, 3.05) is 4.90 Å². The van der Waals surface area contributed by atoms with E-state index >= 15 is 0 Å². The van der Waals surface area contributed by atoms with E-state index in [4.69, 9.17) is 8.83 Å². The maximum absolute atomic E-state index is 6.80. The Balaban J connectivity index is 1.24. The molecule has 0 saturated heterocycles. The van der Waals surface area contributed by atoms with Gasteiger partial charge in [-0.1, -0.05) is 117 Å². The molecule has 2 aromatic heterocycles. The molecule has 0 spiro atoms. The quantitative estimate of drug-likeness (QED) is 0.187. The topological polar surface area (TPSA) is 29.5 Å². The summed E-state index contributed by atoms with van der Waals surface area (Å²) < 4.78 is 13.3. The smallest absolute Gasteiger partial charge is 0.138 e. The minimum Gasteiger partial charge on any atom is -0.456 e. The first-order valence-electron chi connectivity index (χ1n) is 17.9. The van der Waals surface area contributed by atoms with Crippen molar-refractivity contribution in [2.24, 2.45) is 0 Å². The summed E-state index contributed by atoms with van der Waals surface area (Å²) in [6, 6.07) is 58.8. The van der Waals surface area contributed by atoms with Crippen molar-refractivity contribution in [2.45, 2.75) is 19.3 Å². The molecular formula is C49H33NO2. The van der Waals surface area contributed by atoms with Crippen LogP contribution in [0.4, 0.5) is 17.1 Å². The summed E-state index contributed by atoms with van der Waals surface area (Å²) in [5, 5.41) is 6.73. The number of furan rings is 2. The number of hydrogen-bond donors (Lipinski definition) is 0. The van der Waals surface area contributed by atoms with E-state index in [0.29, 0.717) is 0 Å². The fourth-order valence-corrected chi connectivity index (χ4v) is 8.66. The lowest BCUT2D eigenvalue weighted by Gasteiger charge is -2.29. The van der Waals surface area contributed by atoms with Crippen LogP contribution in [-0.2, 0) is 5.41 Å². The van der Waals surface area contributed by atoms with Crippen LogP contribution in [0, 0.1) is 0 Å². The Hall–Kier alpha value is -6.58. The van der Waals surface area contributed by atoms with E-state index in [-0.39, 0.29) is 5.41 Å². The first kappa shape index (κ1) is 29.2. The lowest BCUT2D eigenvalue weighted by Crippen LogP contribution is -2.16. The van der Waals surface area contributed by atoms with Gasteiger partial charge in [0.25, 0.3) is 0 Å². The van der Waals surface area contributed by atoms with Crippen LogP contribution < -0.4 is 4.90 Å². The van der Waals surface area contributed by atoms with Gasteiger partial charge in [0.05, 0.1) is 11.1 Å². The Labute approximate surface area is 301 Å². The van der Waals surface area contributed by atoms with E-state index in [1.807, 2.05) is 12.1 Å². The van der Waals surface area contributed by atoms with Crippen LogP contribution in [0.25, 0.3) is 76.9 Å². The molecule has 2 heterocycles. The molecule has 1 aliphatic carbocycles. The maximum atomic E-state index is 6.80. The van der Waals surface area contributed by atoms with Gasteiger partial charge in [-0.2, -0.15) is 0 Å². The fraction of sp³-hybridized carbons (Fsp3) is 0.0612. The molecule has 0 atom stereocenters. The first-order chi connectivity index (χ1) is 25.5. The van der Waals surface area contributed by atoms with Crippen LogP contribution in [0.2, 0.25) is 0 Å². The molecule has 0 bridgehead atoms. The van der Waals surface area contributed by atoms with Crippen LogP contribution in [0.3, 0.4) is 0 Å². The molecule has 11 rings (SSSR count). The molecule has 0 amide bonds. The summed E-state index contributed by atoms with van der Waals surface area (Å²) in [4.78, 5) is 2.41. The molecule has 0 saturated carbocycles. The van der Waals surface area contributed by atoms with Gasteiger partial charge in [-0.15, -0.1) is 0 Å². The standard InChI is InChI=1S/C49H33NO2/c1-49(2)41-18-10-8-16-36(41)37-22-20-34(28-42(37)49)50(35-21-23-39-38-17-9-11-19-44(38)51-46(39)29-35)43-25-33(30-12-4-3-5-13-30)27-47-48(43)40-24-31-14-6-7-15-32(31)26-45(40)52-47/h3-29H,1-2H3. The SMILES string of the molecule is CC1(C)c2ccccc2-c2ccc(N(c3ccc4c(c3)oc3ccccc34)c3cc(-c4ccccc4)cc4oc5cc6ccccc6cc5c34)cc21. The normalized spacial score (nSPS) is 13.3. The lowest BCUT2D eigenvalue weighted by atomic mass is 9.82. The number of anilines is 3. The van der Waals surface area contributed by atoms with Crippen molar-refractivity contribution in [1.29, 1.82) is 0 Å². The second-order valence-corrected chi connectivity index (χ2v) is 14.5. The van der Waals surface area contributed by atoms with Gasteiger partial charge in [-0.05, 0) is 98.8 Å². The molecule has 3 nitrogen and oxygen atoms in total. The molecule has 0 unspecified atom stereocenters. The summed E-state index contributed by atoms with van der Waals surface area (Å²) in [6.45, 7) is 4.68. The van der Waals surface area contributed by atoms with E-state index in [0.717, 1.165) is 77.5 Å². The van der Waals surface area contributed by atoms with Crippen molar-refractivity contribution < 1.29 is 8.83 Å². The third-order valence-corrected chi connectivity index (χ3v) is 11.2. The van der Waals surface area contributed by atoms with Gasteiger partial charge in [0, 0.05) is 39.0 Å². The Kier molecular flexibility index (Phi) is 6.01. The number of para-hydroxylation sites is 1.